The Bertz CT molecular complexity index is 1140. The SMILES string of the molecule is CCOC(=O)c1ccnc(Oc2ccc(C=NN=C(N)SCc3ccccc3)cc2OC)c1. The van der Waals surface area contributed by atoms with Crippen LogP contribution in [0.25, 0.3) is 0 Å². The number of nitrogens with zero attached hydrogens (tertiary/aromatic N) is 3. The third-order valence-corrected chi connectivity index (χ3v) is 5.10. The zero-order valence-electron chi connectivity index (χ0n) is 18.3. The second-order valence-electron chi connectivity index (χ2n) is 6.57. The number of hydrogen-bond acceptors (Lipinski definition) is 8. The minimum absolute atomic E-state index is 0.244. The second-order valence-corrected chi connectivity index (χ2v) is 7.57. The summed E-state index contributed by atoms with van der Waals surface area (Å²) < 4.78 is 16.2. The number of hydrogen-bond donors (Lipinski definition) is 1. The average Bonchev–Trinajstić information content (AvgIpc) is 2.84. The van der Waals surface area contributed by atoms with Gasteiger partial charge in [0.15, 0.2) is 16.7 Å². The van der Waals surface area contributed by atoms with Crippen molar-refractivity contribution in [2.45, 2.75) is 12.7 Å². The molecule has 3 rings (SSSR count). The van der Waals surface area contributed by atoms with Gasteiger partial charge in [0, 0.05) is 18.0 Å². The van der Waals surface area contributed by atoms with Crippen LogP contribution in [0.1, 0.15) is 28.4 Å². The Labute approximate surface area is 196 Å². The fourth-order valence-electron chi connectivity index (χ4n) is 2.68. The van der Waals surface area contributed by atoms with Crippen molar-refractivity contribution in [2.24, 2.45) is 15.9 Å². The largest absolute Gasteiger partial charge is 0.493 e. The number of ether oxygens (including phenoxy) is 3. The Kier molecular flexibility index (Phi) is 8.84. The van der Waals surface area contributed by atoms with Crippen LogP contribution in [0.2, 0.25) is 0 Å². The van der Waals surface area contributed by atoms with Gasteiger partial charge in [0.2, 0.25) is 5.88 Å². The lowest BCUT2D eigenvalue weighted by molar-refractivity contribution is 0.0526. The summed E-state index contributed by atoms with van der Waals surface area (Å²) in [6.07, 6.45) is 3.05. The first-order chi connectivity index (χ1) is 16.1. The van der Waals surface area contributed by atoms with Gasteiger partial charge in [-0.15, -0.1) is 5.10 Å². The topological polar surface area (TPSA) is 108 Å². The van der Waals surface area contributed by atoms with E-state index in [0.29, 0.717) is 22.2 Å². The lowest BCUT2D eigenvalue weighted by atomic mass is 10.2. The maximum absolute atomic E-state index is 11.9. The lowest BCUT2D eigenvalue weighted by Crippen LogP contribution is -2.06. The Morgan fingerprint density at radius 3 is 2.70 bits per heavy atom. The van der Waals surface area contributed by atoms with Gasteiger partial charge in [0.1, 0.15) is 0 Å². The summed E-state index contributed by atoms with van der Waals surface area (Å²) in [6, 6.07) is 18.3. The van der Waals surface area contributed by atoms with E-state index in [0.717, 1.165) is 16.9 Å². The van der Waals surface area contributed by atoms with Gasteiger partial charge in [-0.1, -0.05) is 42.1 Å². The molecule has 2 aromatic carbocycles. The summed E-state index contributed by atoms with van der Waals surface area (Å²) in [5, 5.41) is 8.44. The third kappa shape index (κ3) is 7.36. The van der Waals surface area contributed by atoms with E-state index in [1.807, 2.05) is 30.3 Å². The number of carbonyl (C=O) groups excluding carboxylic acids is 1. The van der Waals surface area contributed by atoms with Crippen LogP contribution in [0.4, 0.5) is 0 Å². The molecule has 2 N–H and O–H groups in total. The van der Waals surface area contributed by atoms with E-state index in [-0.39, 0.29) is 12.5 Å². The van der Waals surface area contributed by atoms with Crippen LogP contribution in [0.3, 0.4) is 0 Å². The number of esters is 1. The molecule has 0 bridgehead atoms. The Hall–Kier alpha value is -3.85. The molecular weight excluding hydrogens is 440 g/mol. The molecule has 0 amide bonds. The number of amidine groups is 1. The molecule has 0 saturated carbocycles. The number of nitrogens with two attached hydrogens (primary N) is 1. The van der Waals surface area contributed by atoms with E-state index < -0.39 is 5.97 Å². The normalized spacial score (nSPS) is 11.4. The van der Waals surface area contributed by atoms with E-state index >= 15 is 0 Å². The van der Waals surface area contributed by atoms with Crippen LogP contribution in [-0.2, 0) is 10.5 Å². The first-order valence-electron chi connectivity index (χ1n) is 10.1. The van der Waals surface area contributed by atoms with Gasteiger partial charge in [0.05, 0.1) is 25.5 Å². The summed E-state index contributed by atoms with van der Waals surface area (Å²) in [7, 11) is 1.53. The first-order valence-corrected chi connectivity index (χ1v) is 11.1. The van der Waals surface area contributed by atoms with Gasteiger partial charge in [-0.05, 0) is 42.3 Å². The number of thioether (sulfide) groups is 1. The van der Waals surface area contributed by atoms with E-state index in [4.69, 9.17) is 19.9 Å². The summed E-state index contributed by atoms with van der Waals surface area (Å²) in [5.41, 5.74) is 8.18. The maximum Gasteiger partial charge on any atom is 0.338 e. The molecule has 0 saturated heterocycles. The van der Waals surface area contributed by atoms with E-state index in [2.05, 4.69) is 15.2 Å². The summed E-state index contributed by atoms with van der Waals surface area (Å²) in [4.78, 5) is 16.1. The zero-order valence-corrected chi connectivity index (χ0v) is 19.1. The van der Waals surface area contributed by atoms with Crippen LogP contribution < -0.4 is 15.2 Å². The standard InChI is InChI=1S/C24H24N4O4S/c1-3-31-23(29)19-11-12-26-22(14-19)32-20-10-9-18(13-21(20)30-2)15-27-28-24(25)33-16-17-7-5-4-6-8-17/h4-15H,3,16H2,1-2H3,(H2,25,28). The van der Waals surface area contributed by atoms with Gasteiger partial charge in [0.25, 0.3) is 0 Å². The second kappa shape index (κ2) is 12.3. The molecule has 170 valence electrons. The molecule has 8 nitrogen and oxygen atoms in total. The van der Waals surface area contributed by atoms with Gasteiger partial charge in [-0.2, -0.15) is 5.10 Å². The highest BCUT2D eigenvalue weighted by atomic mass is 32.2. The summed E-state index contributed by atoms with van der Waals surface area (Å²) in [5.74, 6) is 1.43. The van der Waals surface area contributed by atoms with E-state index in [1.165, 1.54) is 31.1 Å². The monoisotopic (exact) mass is 464 g/mol. The van der Waals surface area contributed by atoms with Crippen molar-refractivity contribution in [3.8, 4) is 17.4 Å². The molecule has 0 aliphatic rings. The predicted molar refractivity (Wildman–Crippen MR) is 130 cm³/mol. The van der Waals surface area contributed by atoms with Crippen molar-refractivity contribution < 1.29 is 19.0 Å². The van der Waals surface area contributed by atoms with Crippen LogP contribution in [0, 0.1) is 0 Å². The van der Waals surface area contributed by atoms with Crippen molar-refractivity contribution >= 4 is 29.1 Å². The van der Waals surface area contributed by atoms with Crippen LogP contribution >= 0.6 is 11.8 Å². The number of benzene rings is 2. The molecule has 9 heteroatoms. The molecule has 1 aromatic heterocycles. The highest BCUT2D eigenvalue weighted by molar-refractivity contribution is 8.13. The maximum atomic E-state index is 11.9. The van der Waals surface area contributed by atoms with Gasteiger partial charge in [-0.3, -0.25) is 0 Å². The molecular formula is C24H24N4O4S. The van der Waals surface area contributed by atoms with E-state index in [1.54, 1.807) is 37.4 Å². The zero-order chi connectivity index (χ0) is 23.5. The molecule has 3 aromatic rings. The van der Waals surface area contributed by atoms with Crippen LogP contribution in [-0.4, -0.2) is 36.1 Å². The third-order valence-electron chi connectivity index (χ3n) is 4.24. The molecule has 0 aliphatic carbocycles. The molecule has 0 spiro atoms. The molecule has 1 heterocycles. The lowest BCUT2D eigenvalue weighted by Gasteiger charge is -2.10. The van der Waals surface area contributed by atoms with Crippen molar-refractivity contribution in [3.63, 3.8) is 0 Å². The minimum atomic E-state index is -0.440. The van der Waals surface area contributed by atoms with Crippen LogP contribution in [0.5, 0.6) is 17.4 Å². The Balaban J connectivity index is 1.64. The van der Waals surface area contributed by atoms with Crippen molar-refractivity contribution in [1.82, 2.24) is 4.98 Å². The molecule has 0 atom stereocenters. The van der Waals surface area contributed by atoms with Crippen molar-refractivity contribution in [3.05, 3.63) is 83.6 Å². The molecule has 0 radical (unpaired) electrons. The van der Waals surface area contributed by atoms with E-state index in [9.17, 15) is 4.79 Å². The fraction of sp³-hybridized carbons (Fsp3) is 0.167. The number of aromatic nitrogens is 1. The summed E-state index contributed by atoms with van der Waals surface area (Å²) >= 11 is 1.41. The quantitative estimate of drug-likeness (QED) is 0.213. The van der Waals surface area contributed by atoms with Crippen molar-refractivity contribution in [1.29, 1.82) is 0 Å². The first kappa shape index (κ1) is 23.8. The number of carbonyl (C=O) groups is 1. The van der Waals surface area contributed by atoms with Crippen molar-refractivity contribution in [2.75, 3.05) is 13.7 Å². The van der Waals surface area contributed by atoms with Gasteiger partial charge >= 0.3 is 5.97 Å². The fourth-order valence-corrected chi connectivity index (χ4v) is 3.29. The van der Waals surface area contributed by atoms with Crippen LogP contribution in [0.15, 0.2) is 77.1 Å². The molecule has 0 unspecified atom stereocenters. The molecule has 0 fully saturated rings. The Morgan fingerprint density at radius 1 is 1.12 bits per heavy atom. The number of pyridine rings is 1. The Morgan fingerprint density at radius 2 is 1.94 bits per heavy atom. The minimum Gasteiger partial charge on any atom is -0.493 e. The number of rotatable bonds is 9. The molecule has 0 aliphatic heterocycles. The predicted octanol–water partition coefficient (Wildman–Crippen LogP) is 4.64. The molecule has 33 heavy (non-hydrogen) atoms. The number of methoxy groups -OCH3 is 1. The average molecular weight is 465 g/mol. The van der Waals surface area contributed by atoms with Gasteiger partial charge < -0.3 is 19.9 Å². The highest BCUT2D eigenvalue weighted by Gasteiger charge is 2.11. The van der Waals surface area contributed by atoms with Gasteiger partial charge in [-0.25, -0.2) is 9.78 Å². The highest BCUT2D eigenvalue weighted by Crippen LogP contribution is 2.31. The smallest absolute Gasteiger partial charge is 0.338 e. The summed E-state index contributed by atoms with van der Waals surface area (Å²) in [6.45, 7) is 2.03.